The number of carbonyl (C=O) groups excluding carboxylic acids is 3. The van der Waals surface area contributed by atoms with Gasteiger partial charge in [0, 0.05) is 93.5 Å². The van der Waals surface area contributed by atoms with Crippen molar-refractivity contribution in [2.45, 2.75) is 50.1 Å². The fraction of sp³-hybridized carbons (Fsp3) is 0.400. The quantitative estimate of drug-likeness (QED) is 0.214. The summed E-state index contributed by atoms with van der Waals surface area (Å²) in [6, 6.07) is 20.8. The Balaban J connectivity index is 0.818. The Kier molecular flexibility index (Phi) is 10.2. The molecular formula is C45H47F2N5O6. The molecule has 5 aliphatic rings. The Morgan fingerprint density at radius 3 is 2.36 bits per heavy atom. The summed E-state index contributed by atoms with van der Waals surface area (Å²) in [4.78, 5) is 45.5. The number of amides is 3. The van der Waals surface area contributed by atoms with E-state index in [2.05, 4.69) is 21.2 Å². The number of hydrogen-bond acceptors (Lipinski definition) is 9. The molecule has 0 radical (unpaired) electrons. The van der Waals surface area contributed by atoms with Gasteiger partial charge in [-0.3, -0.25) is 24.6 Å². The van der Waals surface area contributed by atoms with Crippen LogP contribution in [-0.4, -0.2) is 98.2 Å². The number of anilines is 2. The van der Waals surface area contributed by atoms with Crippen LogP contribution < -0.4 is 24.6 Å². The highest BCUT2D eigenvalue weighted by Gasteiger charge is 2.40. The van der Waals surface area contributed by atoms with Gasteiger partial charge in [0.15, 0.2) is 0 Å². The van der Waals surface area contributed by atoms with Gasteiger partial charge >= 0.3 is 0 Å². The van der Waals surface area contributed by atoms with Crippen LogP contribution in [0.15, 0.2) is 72.8 Å². The minimum atomic E-state index is -0.632. The second kappa shape index (κ2) is 15.6. The first-order chi connectivity index (χ1) is 28.1. The van der Waals surface area contributed by atoms with E-state index >= 15 is 8.78 Å². The highest BCUT2D eigenvalue weighted by molar-refractivity contribution is 6.05. The fourth-order valence-corrected chi connectivity index (χ4v) is 9.69. The first kappa shape index (κ1) is 37.9. The van der Waals surface area contributed by atoms with Gasteiger partial charge in [0.25, 0.3) is 5.91 Å². The number of methoxy groups -OCH3 is 1. The van der Waals surface area contributed by atoms with Crippen LogP contribution in [0, 0.1) is 17.6 Å². The molecule has 0 aromatic heterocycles. The van der Waals surface area contributed by atoms with Crippen molar-refractivity contribution in [3.8, 4) is 17.2 Å². The maximum absolute atomic E-state index is 16.2. The summed E-state index contributed by atoms with van der Waals surface area (Å²) in [5.74, 6) is -1.04. The molecule has 3 amide bonds. The molecule has 3 fully saturated rings. The Morgan fingerprint density at radius 2 is 1.62 bits per heavy atom. The lowest BCUT2D eigenvalue weighted by Crippen LogP contribution is -2.52. The number of piperidine rings is 2. The van der Waals surface area contributed by atoms with E-state index in [9.17, 15) is 19.5 Å². The summed E-state index contributed by atoms with van der Waals surface area (Å²) in [6.45, 7) is 6.11. The lowest BCUT2D eigenvalue weighted by atomic mass is 9.75. The number of carbonyl (C=O) groups is 3. The topological polar surface area (TPSA) is 115 Å². The number of phenolic OH excluding ortho intramolecular Hbond substituents is 1. The Morgan fingerprint density at radius 1 is 0.845 bits per heavy atom. The highest BCUT2D eigenvalue weighted by atomic mass is 19.1. The number of imide groups is 1. The minimum absolute atomic E-state index is 0.0167. The summed E-state index contributed by atoms with van der Waals surface area (Å²) in [5, 5.41) is 12.5. The molecule has 13 heteroatoms. The molecule has 11 nitrogen and oxygen atoms in total. The van der Waals surface area contributed by atoms with Gasteiger partial charge in [-0.25, -0.2) is 8.78 Å². The third kappa shape index (κ3) is 7.20. The van der Waals surface area contributed by atoms with Crippen LogP contribution in [0.5, 0.6) is 17.2 Å². The molecule has 58 heavy (non-hydrogen) atoms. The molecule has 302 valence electrons. The van der Waals surface area contributed by atoms with Crippen molar-refractivity contribution in [2.75, 3.05) is 69.3 Å². The number of fused-ring (bicyclic) bond motifs is 2. The van der Waals surface area contributed by atoms with Crippen LogP contribution in [0.2, 0.25) is 0 Å². The zero-order chi connectivity index (χ0) is 40.1. The Bertz CT molecular complexity index is 2230. The molecule has 2 unspecified atom stereocenters. The van der Waals surface area contributed by atoms with Crippen molar-refractivity contribution in [1.29, 1.82) is 0 Å². The predicted octanol–water partition coefficient (Wildman–Crippen LogP) is 5.79. The second-order valence-corrected chi connectivity index (χ2v) is 16.2. The van der Waals surface area contributed by atoms with Crippen LogP contribution in [0.25, 0.3) is 0 Å². The number of benzene rings is 4. The van der Waals surface area contributed by atoms with Crippen molar-refractivity contribution in [3.05, 3.63) is 112 Å². The molecule has 0 aliphatic carbocycles. The van der Waals surface area contributed by atoms with Crippen LogP contribution in [0.4, 0.5) is 20.2 Å². The van der Waals surface area contributed by atoms with E-state index in [0.717, 1.165) is 67.9 Å². The largest absolute Gasteiger partial charge is 0.508 e. The standard InChI is InChI=1S/C45H47F2N5O6/c1-57-33-4-2-3-28(20-33)36-26-58-40-23-32(53)6-8-35(40)42(36)29-21-37(46)43(38(47)22-29)51-13-11-27(12-14-51)24-49-15-17-50(18-16-49)31-5-7-34-30(19-31)25-52(45(34)56)39-9-10-41(54)48-44(39)55/h2-8,19-23,27,36,39,42,53H,9-18,24-26H2,1H3,(H,48,54,55)/t36?,39-,42?/m0/s1. The molecule has 5 aliphatic heterocycles. The van der Waals surface area contributed by atoms with E-state index in [1.165, 1.54) is 12.1 Å². The van der Waals surface area contributed by atoms with E-state index in [4.69, 9.17) is 9.47 Å². The number of aromatic hydroxyl groups is 1. The molecular weight excluding hydrogens is 745 g/mol. The first-order valence-corrected chi connectivity index (χ1v) is 20.2. The molecule has 9 rings (SSSR count). The number of nitrogens with zero attached hydrogens (tertiary/aromatic N) is 4. The van der Waals surface area contributed by atoms with Crippen LogP contribution in [-0.2, 0) is 16.1 Å². The van der Waals surface area contributed by atoms with Gasteiger partial charge in [-0.05, 0) is 90.4 Å². The third-order valence-corrected chi connectivity index (χ3v) is 12.8. The number of hydrogen-bond donors (Lipinski definition) is 2. The van der Waals surface area contributed by atoms with E-state index in [1.807, 2.05) is 41.3 Å². The first-order valence-electron chi connectivity index (χ1n) is 20.2. The molecule has 4 aromatic rings. The Hall–Kier alpha value is -5.69. The number of rotatable bonds is 8. The zero-order valence-corrected chi connectivity index (χ0v) is 32.5. The van der Waals surface area contributed by atoms with Crippen molar-refractivity contribution >= 4 is 29.1 Å². The summed E-state index contributed by atoms with van der Waals surface area (Å²) in [7, 11) is 1.60. The summed E-state index contributed by atoms with van der Waals surface area (Å²) >= 11 is 0. The normalized spacial score (nSPS) is 22.7. The van der Waals surface area contributed by atoms with Crippen molar-refractivity contribution in [2.24, 2.45) is 5.92 Å². The van der Waals surface area contributed by atoms with Gasteiger partial charge in [-0.15, -0.1) is 0 Å². The maximum Gasteiger partial charge on any atom is 0.255 e. The smallest absolute Gasteiger partial charge is 0.255 e. The van der Waals surface area contributed by atoms with E-state index in [-0.39, 0.29) is 42.2 Å². The number of piperazine rings is 1. The van der Waals surface area contributed by atoms with Gasteiger partial charge in [0.2, 0.25) is 11.8 Å². The minimum Gasteiger partial charge on any atom is -0.508 e. The second-order valence-electron chi connectivity index (χ2n) is 16.2. The average Bonchev–Trinajstić information content (AvgIpc) is 3.55. The molecule has 0 bridgehead atoms. The lowest BCUT2D eigenvalue weighted by molar-refractivity contribution is -0.136. The van der Waals surface area contributed by atoms with Crippen molar-refractivity contribution in [1.82, 2.24) is 15.1 Å². The number of nitrogens with one attached hydrogen (secondary N) is 1. The van der Waals surface area contributed by atoms with Crippen molar-refractivity contribution in [3.63, 3.8) is 0 Å². The van der Waals surface area contributed by atoms with E-state index < -0.39 is 29.5 Å². The molecule has 0 saturated carbocycles. The average molecular weight is 792 g/mol. The maximum atomic E-state index is 16.2. The molecule has 4 aromatic carbocycles. The zero-order valence-electron chi connectivity index (χ0n) is 32.5. The summed E-state index contributed by atoms with van der Waals surface area (Å²) in [5.41, 5.74) is 4.78. The van der Waals surface area contributed by atoms with Crippen LogP contribution in [0.3, 0.4) is 0 Å². The fourth-order valence-electron chi connectivity index (χ4n) is 9.69. The Labute approximate surface area is 336 Å². The number of halogens is 2. The van der Waals surface area contributed by atoms with E-state index in [1.54, 1.807) is 30.2 Å². The summed E-state index contributed by atoms with van der Waals surface area (Å²) in [6.07, 6.45) is 2.23. The molecule has 5 heterocycles. The van der Waals surface area contributed by atoms with Gasteiger partial charge in [-0.2, -0.15) is 0 Å². The van der Waals surface area contributed by atoms with Crippen molar-refractivity contribution < 1.29 is 37.7 Å². The van der Waals surface area contributed by atoms with Crippen LogP contribution >= 0.6 is 0 Å². The number of ether oxygens (including phenoxy) is 2. The predicted molar refractivity (Wildman–Crippen MR) is 214 cm³/mol. The molecule has 0 spiro atoms. The van der Waals surface area contributed by atoms with E-state index in [0.29, 0.717) is 54.6 Å². The highest BCUT2D eigenvalue weighted by Crippen LogP contribution is 2.48. The molecule has 2 N–H and O–H groups in total. The number of phenols is 1. The van der Waals surface area contributed by atoms with Gasteiger partial charge in [0.05, 0.1) is 13.7 Å². The van der Waals surface area contributed by atoms with Gasteiger partial charge in [0.1, 0.15) is 40.6 Å². The summed E-state index contributed by atoms with van der Waals surface area (Å²) < 4.78 is 43.9. The monoisotopic (exact) mass is 791 g/mol. The van der Waals surface area contributed by atoms with Gasteiger partial charge in [-0.1, -0.05) is 18.2 Å². The molecule has 3 saturated heterocycles. The van der Waals surface area contributed by atoms with Gasteiger partial charge < -0.3 is 29.3 Å². The SMILES string of the molecule is COc1cccc(C2COc3cc(O)ccc3C2c2cc(F)c(N3CCC(CN4CCN(c5ccc6c(c5)CN([C@H]5CCC(=O)NC5=O)C6=O)CC4)CC3)c(F)c2)c1. The lowest BCUT2D eigenvalue weighted by Gasteiger charge is -2.40. The third-order valence-electron chi connectivity index (χ3n) is 12.8. The molecule has 3 atom stereocenters. The van der Waals surface area contributed by atoms with Crippen LogP contribution in [0.1, 0.15) is 70.1 Å².